The van der Waals surface area contributed by atoms with Crippen LogP contribution in [-0.4, -0.2) is 54.4 Å². The molecule has 5 heteroatoms. The quantitative estimate of drug-likeness (QED) is 0.761. The molecular weight excluding hydrogens is 304 g/mol. The van der Waals surface area contributed by atoms with Crippen molar-refractivity contribution in [1.82, 2.24) is 10.2 Å². The smallest absolute Gasteiger partial charge is 0.222 e. The van der Waals surface area contributed by atoms with Crippen LogP contribution in [0.25, 0.3) is 0 Å². The molecule has 1 saturated heterocycles. The first-order valence-electron chi connectivity index (χ1n) is 8.85. The fourth-order valence-corrected chi connectivity index (χ4v) is 3.12. The monoisotopic (exact) mass is 334 g/mol. The number of amides is 1. The van der Waals surface area contributed by atoms with E-state index >= 15 is 0 Å². The second kappa shape index (κ2) is 9.77. The molecule has 1 amide bonds. The Morgan fingerprint density at radius 3 is 2.83 bits per heavy atom. The van der Waals surface area contributed by atoms with E-state index in [1.54, 1.807) is 6.92 Å². The van der Waals surface area contributed by atoms with Crippen LogP contribution in [0.1, 0.15) is 32.3 Å². The average Bonchev–Trinajstić information content (AvgIpc) is 2.54. The molecule has 3 unspecified atom stereocenters. The molecule has 2 N–H and O–H groups in total. The Morgan fingerprint density at radius 2 is 2.12 bits per heavy atom. The Kier molecular flexibility index (Phi) is 7.69. The summed E-state index contributed by atoms with van der Waals surface area (Å²) in [6.07, 6.45) is 0.720. The van der Waals surface area contributed by atoms with Crippen molar-refractivity contribution < 1.29 is 14.6 Å². The van der Waals surface area contributed by atoms with Crippen molar-refractivity contribution in [3.63, 3.8) is 0 Å². The summed E-state index contributed by atoms with van der Waals surface area (Å²) in [4.78, 5) is 14.4. The van der Waals surface area contributed by atoms with E-state index in [0.29, 0.717) is 26.0 Å². The van der Waals surface area contributed by atoms with Gasteiger partial charge in [-0.15, -0.1) is 0 Å². The van der Waals surface area contributed by atoms with Crippen LogP contribution in [0.5, 0.6) is 0 Å². The van der Waals surface area contributed by atoms with Crippen LogP contribution in [0.15, 0.2) is 30.3 Å². The predicted octanol–water partition coefficient (Wildman–Crippen LogP) is 1.80. The van der Waals surface area contributed by atoms with Crippen molar-refractivity contribution in [1.29, 1.82) is 0 Å². The number of carbonyl (C=O) groups excluding carboxylic acids is 1. The molecule has 0 aliphatic carbocycles. The number of aliphatic hydroxyl groups excluding tert-OH is 1. The van der Waals surface area contributed by atoms with Crippen LogP contribution in [0.4, 0.5) is 0 Å². The zero-order chi connectivity index (χ0) is 17.4. The summed E-state index contributed by atoms with van der Waals surface area (Å²) in [5.74, 6) is 0.301. The molecule has 1 aromatic rings. The predicted molar refractivity (Wildman–Crippen MR) is 94.5 cm³/mol. The molecule has 2 rings (SSSR count). The Hall–Kier alpha value is -1.43. The summed E-state index contributed by atoms with van der Waals surface area (Å²) in [6.45, 7) is 7.66. The fourth-order valence-electron chi connectivity index (χ4n) is 3.12. The molecule has 0 saturated carbocycles. The number of nitrogens with zero attached hydrogens (tertiary/aromatic N) is 1. The van der Waals surface area contributed by atoms with Gasteiger partial charge >= 0.3 is 0 Å². The maximum Gasteiger partial charge on any atom is 0.222 e. The van der Waals surface area contributed by atoms with Gasteiger partial charge in [0.05, 0.1) is 25.2 Å². The topological polar surface area (TPSA) is 61.8 Å². The minimum Gasteiger partial charge on any atom is -0.393 e. The number of hydrogen-bond donors (Lipinski definition) is 2. The van der Waals surface area contributed by atoms with E-state index in [1.165, 1.54) is 5.56 Å². The minimum absolute atomic E-state index is 0.0269. The summed E-state index contributed by atoms with van der Waals surface area (Å²) in [5.41, 5.74) is 1.29. The van der Waals surface area contributed by atoms with Crippen molar-refractivity contribution in [2.45, 2.75) is 45.4 Å². The van der Waals surface area contributed by atoms with Gasteiger partial charge in [0.2, 0.25) is 5.91 Å². The number of hydrogen-bond acceptors (Lipinski definition) is 4. The number of rotatable bonds is 8. The van der Waals surface area contributed by atoms with E-state index in [9.17, 15) is 9.90 Å². The van der Waals surface area contributed by atoms with Gasteiger partial charge in [0.1, 0.15) is 0 Å². The maximum absolute atomic E-state index is 12.1. The Balaban J connectivity index is 1.71. The summed E-state index contributed by atoms with van der Waals surface area (Å²) in [7, 11) is 0. The fraction of sp³-hybridized carbons (Fsp3) is 0.632. The largest absolute Gasteiger partial charge is 0.393 e. The Labute approximate surface area is 145 Å². The summed E-state index contributed by atoms with van der Waals surface area (Å²) < 4.78 is 5.75. The van der Waals surface area contributed by atoms with E-state index in [4.69, 9.17) is 4.74 Å². The molecule has 1 fully saturated rings. The molecule has 24 heavy (non-hydrogen) atoms. The minimum atomic E-state index is -0.329. The number of aliphatic hydroxyl groups is 1. The lowest BCUT2D eigenvalue weighted by atomic mass is 10.0. The lowest BCUT2D eigenvalue weighted by Gasteiger charge is -2.32. The molecule has 1 aromatic carbocycles. The van der Waals surface area contributed by atoms with Crippen molar-refractivity contribution in [2.24, 2.45) is 5.92 Å². The number of nitrogens with one attached hydrogen (secondary N) is 1. The van der Waals surface area contributed by atoms with Crippen LogP contribution in [0.3, 0.4) is 0 Å². The van der Waals surface area contributed by atoms with Gasteiger partial charge in [-0.1, -0.05) is 37.3 Å². The van der Waals surface area contributed by atoms with Gasteiger partial charge in [0.25, 0.3) is 0 Å². The Morgan fingerprint density at radius 1 is 1.38 bits per heavy atom. The first-order chi connectivity index (χ1) is 11.5. The van der Waals surface area contributed by atoms with Crippen molar-refractivity contribution >= 4 is 5.91 Å². The SMILES string of the molecule is CC(O)CC(C)CNC(=O)CC1CN(Cc2ccccc2)CCO1. The van der Waals surface area contributed by atoms with Gasteiger partial charge in [-0.05, 0) is 24.8 Å². The van der Waals surface area contributed by atoms with Gasteiger partial charge < -0.3 is 15.2 Å². The molecule has 1 aliphatic rings. The first kappa shape index (κ1) is 18.9. The lowest BCUT2D eigenvalue weighted by molar-refractivity contribution is -0.126. The van der Waals surface area contributed by atoms with Crippen molar-refractivity contribution in [2.75, 3.05) is 26.2 Å². The lowest BCUT2D eigenvalue weighted by Crippen LogP contribution is -2.44. The van der Waals surface area contributed by atoms with E-state index in [-0.39, 0.29) is 24.0 Å². The number of benzene rings is 1. The van der Waals surface area contributed by atoms with Gasteiger partial charge in [-0.25, -0.2) is 0 Å². The Bertz CT molecular complexity index is 493. The highest BCUT2D eigenvalue weighted by Gasteiger charge is 2.23. The molecule has 134 valence electrons. The van der Waals surface area contributed by atoms with Gasteiger partial charge in [-0.2, -0.15) is 0 Å². The summed E-state index contributed by atoms with van der Waals surface area (Å²) >= 11 is 0. The maximum atomic E-state index is 12.1. The average molecular weight is 334 g/mol. The van der Waals surface area contributed by atoms with E-state index < -0.39 is 0 Å². The highest BCUT2D eigenvalue weighted by molar-refractivity contribution is 5.76. The van der Waals surface area contributed by atoms with E-state index in [0.717, 1.165) is 19.6 Å². The van der Waals surface area contributed by atoms with Gasteiger partial charge in [0.15, 0.2) is 0 Å². The van der Waals surface area contributed by atoms with Gasteiger partial charge in [-0.3, -0.25) is 9.69 Å². The third kappa shape index (κ3) is 6.99. The number of morpholine rings is 1. The van der Waals surface area contributed by atoms with Crippen LogP contribution < -0.4 is 5.32 Å². The number of ether oxygens (including phenoxy) is 1. The van der Waals surface area contributed by atoms with Gasteiger partial charge in [0, 0.05) is 26.2 Å². The van der Waals surface area contributed by atoms with Crippen molar-refractivity contribution in [3.05, 3.63) is 35.9 Å². The molecule has 1 aliphatic heterocycles. The van der Waals surface area contributed by atoms with Crippen LogP contribution in [0.2, 0.25) is 0 Å². The normalized spacial score (nSPS) is 21.2. The summed E-state index contributed by atoms with van der Waals surface area (Å²) in [6, 6.07) is 10.4. The van der Waals surface area contributed by atoms with E-state index in [1.807, 2.05) is 13.0 Å². The van der Waals surface area contributed by atoms with Crippen molar-refractivity contribution in [3.8, 4) is 0 Å². The molecule has 0 radical (unpaired) electrons. The highest BCUT2D eigenvalue weighted by Crippen LogP contribution is 2.13. The van der Waals surface area contributed by atoms with E-state index in [2.05, 4.69) is 34.5 Å². The third-order valence-corrected chi connectivity index (χ3v) is 4.28. The zero-order valence-electron chi connectivity index (χ0n) is 14.8. The molecule has 0 bridgehead atoms. The molecule has 0 aromatic heterocycles. The second-order valence-corrected chi connectivity index (χ2v) is 6.91. The molecule has 0 spiro atoms. The highest BCUT2D eigenvalue weighted by atomic mass is 16.5. The first-order valence-corrected chi connectivity index (χ1v) is 8.85. The van der Waals surface area contributed by atoms with Crippen LogP contribution in [0, 0.1) is 5.92 Å². The second-order valence-electron chi connectivity index (χ2n) is 6.91. The standard InChI is InChI=1S/C19H30N2O3/c1-15(10-16(2)22)12-20-19(23)11-18-14-21(8-9-24-18)13-17-6-4-3-5-7-17/h3-7,15-16,18,22H,8-14H2,1-2H3,(H,20,23). The van der Waals surface area contributed by atoms with Crippen LogP contribution >= 0.6 is 0 Å². The number of carbonyl (C=O) groups is 1. The molecule has 1 heterocycles. The van der Waals surface area contributed by atoms with Crippen LogP contribution in [-0.2, 0) is 16.1 Å². The molecular formula is C19H30N2O3. The zero-order valence-corrected chi connectivity index (χ0v) is 14.8. The molecule has 5 nitrogen and oxygen atoms in total. The molecule has 3 atom stereocenters. The summed E-state index contributed by atoms with van der Waals surface area (Å²) in [5, 5.41) is 12.3. The third-order valence-electron chi connectivity index (χ3n) is 4.28.